The predicted molar refractivity (Wildman–Crippen MR) is 110 cm³/mol. The number of piperazine rings is 1. The van der Waals surface area contributed by atoms with Crippen LogP contribution in [0.2, 0.25) is 0 Å². The molecule has 0 radical (unpaired) electrons. The quantitative estimate of drug-likeness (QED) is 0.717. The molecular weight excluding hydrogens is 406 g/mol. The molecule has 1 aromatic rings. The van der Waals surface area contributed by atoms with Crippen molar-refractivity contribution < 1.29 is 17.7 Å². The predicted octanol–water partition coefficient (Wildman–Crippen LogP) is 1.20. The van der Waals surface area contributed by atoms with Crippen molar-refractivity contribution in [2.75, 3.05) is 13.1 Å². The molecule has 1 saturated carbocycles. The van der Waals surface area contributed by atoms with E-state index in [1.165, 1.54) is 0 Å². The molecule has 30 heavy (non-hydrogen) atoms. The molecule has 0 aromatic carbocycles. The average Bonchev–Trinajstić information content (AvgIpc) is 3.36. The minimum absolute atomic E-state index is 0.0399. The van der Waals surface area contributed by atoms with Crippen LogP contribution in [-0.2, 0) is 10.2 Å². The third kappa shape index (κ3) is 3.68. The fourth-order valence-corrected chi connectivity index (χ4v) is 7.60. The van der Waals surface area contributed by atoms with Crippen molar-refractivity contribution in [3.63, 3.8) is 0 Å². The monoisotopic (exact) mass is 437 g/mol. The Balaban J connectivity index is 1.25. The molecule has 3 saturated heterocycles. The summed E-state index contributed by atoms with van der Waals surface area (Å²) in [5, 5.41) is 10.3. The smallest absolute Gasteiger partial charge is 0.282 e. The van der Waals surface area contributed by atoms with Crippen molar-refractivity contribution in [3.8, 4) is 0 Å². The van der Waals surface area contributed by atoms with Crippen LogP contribution >= 0.6 is 0 Å². The molecule has 1 amide bonds. The van der Waals surface area contributed by atoms with E-state index in [-0.39, 0.29) is 36.1 Å². The highest BCUT2D eigenvalue weighted by Crippen LogP contribution is 2.41. The molecule has 166 valence electrons. The molecule has 4 fully saturated rings. The van der Waals surface area contributed by atoms with Gasteiger partial charge in [-0.15, -0.1) is 0 Å². The number of carbonyl (C=O) groups is 1. The fourth-order valence-electron chi connectivity index (χ4n) is 5.28. The van der Waals surface area contributed by atoms with Crippen molar-refractivity contribution in [2.24, 2.45) is 0 Å². The van der Waals surface area contributed by atoms with Gasteiger partial charge in [0.2, 0.25) is 0 Å². The first kappa shape index (κ1) is 20.4. The van der Waals surface area contributed by atoms with Gasteiger partial charge < -0.3 is 15.2 Å². The summed E-state index contributed by atoms with van der Waals surface area (Å²) in [6, 6.07) is 1.67. The van der Waals surface area contributed by atoms with Crippen LogP contribution < -0.4 is 10.6 Å². The maximum absolute atomic E-state index is 13.5. The number of hydrogen-bond acceptors (Lipinski definition) is 6. The molecule has 5 rings (SSSR count). The molecule has 2 N–H and O–H groups in total. The average molecular weight is 438 g/mol. The molecule has 1 aliphatic carbocycles. The van der Waals surface area contributed by atoms with Gasteiger partial charge in [-0.25, -0.2) is 0 Å². The topological polar surface area (TPSA) is 108 Å². The highest BCUT2D eigenvalue weighted by Gasteiger charge is 2.50. The van der Waals surface area contributed by atoms with E-state index in [2.05, 4.69) is 15.8 Å². The second kappa shape index (κ2) is 7.58. The van der Waals surface area contributed by atoms with Crippen LogP contribution in [0.1, 0.15) is 74.5 Å². The Labute approximate surface area is 177 Å². The Kier molecular flexibility index (Phi) is 5.16. The van der Waals surface area contributed by atoms with Crippen LogP contribution in [0.3, 0.4) is 0 Å². The molecule has 4 aliphatic rings. The number of nitrogens with one attached hydrogen (secondary N) is 2. The summed E-state index contributed by atoms with van der Waals surface area (Å²) >= 11 is 0. The lowest BCUT2D eigenvalue weighted by molar-refractivity contribution is 0.0896. The molecular formula is C20H31N5O4S. The first-order valence-corrected chi connectivity index (χ1v) is 12.5. The molecule has 3 unspecified atom stereocenters. The lowest BCUT2D eigenvalue weighted by Gasteiger charge is -2.44. The first-order chi connectivity index (χ1) is 14.3. The molecule has 2 bridgehead atoms. The lowest BCUT2D eigenvalue weighted by atomic mass is 9.99. The van der Waals surface area contributed by atoms with Crippen molar-refractivity contribution in [1.29, 1.82) is 0 Å². The Morgan fingerprint density at radius 2 is 1.90 bits per heavy atom. The van der Waals surface area contributed by atoms with Gasteiger partial charge in [-0.2, -0.15) is 17.0 Å². The van der Waals surface area contributed by atoms with Crippen molar-refractivity contribution in [2.45, 2.75) is 88.5 Å². The van der Waals surface area contributed by atoms with E-state index >= 15 is 0 Å². The minimum Gasteiger partial charge on any atom is -0.360 e. The highest BCUT2D eigenvalue weighted by atomic mass is 32.2. The van der Waals surface area contributed by atoms with E-state index in [1.807, 2.05) is 13.8 Å². The number of carbonyl (C=O) groups excluding carboxylic acids is 1. The van der Waals surface area contributed by atoms with Crippen molar-refractivity contribution in [3.05, 3.63) is 17.5 Å². The molecule has 4 heterocycles. The number of nitrogens with zero attached hydrogens (tertiary/aromatic N) is 3. The Morgan fingerprint density at radius 3 is 2.57 bits per heavy atom. The maximum Gasteiger partial charge on any atom is 0.282 e. The van der Waals surface area contributed by atoms with Crippen molar-refractivity contribution in [1.82, 2.24) is 24.4 Å². The largest absolute Gasteiger partial charge is 0.360 e. The van der Waals surface area contributed by atoms with E-state index in [0.717, 1.165) is 31.4 Å². The standard InChI is InChI=1S/C20H31N5O4S/c1-12-11-24(13(2)10-21-12)30(27,28)25-16-5-6-17(25)8-15(7-16)22-20(26)18-9-19(29-23-18)14-3-4-14/h9,12-17,21H,3-8,10-11H2,1-2H3,(H,22,26)/t12?,13?,15?,16-,17+. The van der Waals surface area contributed by atoms with Gasteiger partial charge in [-0.3, -0.25) is 4.79 Å². The molecule has 10 heteroatoms. The van der Waals surface area contributed by atoms with Crippen LogP contribution in [0.5, 0.6) is 0 Å². The van der Waals surface area contributed by atoms with Crippen molar-refractivity contribution >= 4 is 16.1 Å². The zero-order chi connectivity index (χ0) is 21.0. The van der Waals surface area contributed by atoms with Gasteiger partial charge in [0.15, 0.2) is 5.69 Å². The van der Waals surface area contributed by atoms with E-state index in [9.17, 15) is 13.2 Å². The summed E-state index contributed by atoms with van der Waals surface area (Å²) in [4.78, 5) is 12.6. The molecule has 1 aromatic heterocycles. The van der Waals surface area contributed by atoms with Gasteiger partial charge in [-0.05, 0) is 52.4 Å². The Bertz CT molecular complexity index is 900. The zero-order valence-electron chi connectivity index (χ0n) is 17.6. The maximum atomic E-state index is 13.5. The first-order valence-electron chi connectivity index (χ1n) is 11.1. The third-order valence-corrected chi connectivity index (χ3v) is 9.24. The summed E-state index contributed by atoms with van der Waals surface area (Å²) in [6.07, 6.45) is 5.17. The lowest BCUT2D eigenvalue weighted by Crippen LogP contribution is -2.62. The van der Waals surface area contributed by atoms with Gasteiger partial charge in [0.25, 0.3) is 16.1 Å². The van der Waals surface area contributed by atoms with Crippen LogP contribution in [0.25, 0.3) is 0 Å². The summed E-state index contributed by atoms with van der Waals surface area (Å²) in [5.41, 5.74) is 0.322. The normalized spacial score (nSPS) is 35.5. The number of rotatable bonds is 5. The Hall–Kier alpha value is -1.49. The van der Waals surface area contributed by atoms with Gasteiger partial charge in [-0.1, -0.05) is 5.16 Å². The minimum atomic E-state index is -3.52. The fraction of sp³-hybridized carbons (Fsp3) is 0.800. The number of hydrogen-bond donors (Lipinski definition) is 2. The van der Waals surface area contributed by atoms with E-state index in [4.69, 9.17) is 4.52 Å². The van der Waals surface area contributed by atoms with E-state index in [0.29, 0.717) is 37.5 Å². The molecule has 3 aliphatic heterocycles. The van der Waals surface area contributed by atoms with Crippen LogP contribution in [0, 0.1) is 0 Å². The highest BCUT2D eigenvalue weighted by molar-refractivity contribution is 7.86. The summed E-state index contributed by atoms with van der Waals surface area (Å²) in [5.74, 6) is 0.981. The van der Waals surface area contributed by atoms with Crippen LogP contribution in [-0.4, -0.2) is 71.4 Å². The third-order valence-electron chi connectivity index (χ3n) is 7.01. The van der Waals surface area contributed by atoms with Crippen LogP contribution in [0.4, 0.5) is 0 Å². The zero-order valence-corrected chi connectivity index (χ0v) is 18.4. The van der Waals surface area contributed by atoms with Gasteiger partial charge in [0, 0.05) is 55.3 Å². The molecule has 0 spiro atoms. The van der Waals surface area contributed by atoms with Gasteiger partial charge in [0.05, 0.1) is 0 Å². The number of amides is 1. The number of aromatic nitrogens is 1. The number of piperidine rings is 1. The van der Waals surface area contributed by atoms with Gasteiger partial charge in [0.1, 0.15) is 5.76 Å². The second-order valence-electron chi connectivity index (χ2n) is 9.48. The summed E-state index contributed by atoms with van der Waals surface area (Å²) in [7, 11) is -3.52. The molecule has 9 nitrogen and oxygen atoms in total. The van der Waals surface area contributed by atoms with E-state index in [1.54, 1.807) is 14.7 Å². The SMILES string of the molecule is CC1CN(S(=O)(=O)N2[C@@H]3CC[C@H]2CC(NC(=O)c2cc(C4CC4)on2)C3)C(C)CN1. The molecule has 5 atom stereocenters. The van der Waals surface area contributed by atoms with Crippen LogP contribution in [0.15, 0.2) is 10.6 Å². The van der Waals surface area contributed by atoms with E-state index < -0.39 is 10.2 Å². The second-order valence-corrected chi connectivity index (χ2v) is 11.3. The number of fused-ring (bicyclic) bond motifs is 2. The summed E-state index contributed by atoms with van der Waals surface area (Å²) < 4.78 is 35.7. The Morgan fingerprint density at radius 1 is 1.20 bits per heavy atom. The van der Waals surface area contributed by atoms with Gasteiger partial charge >= 0.3 is 0 Å². The summed E-state index contributed by atoms with van der Waals surface area (Å²) in [6.45, 7) is 5.14.